The van der Waals surface area contributed by atoms with Crippen LogP contribution in [0.5, 0.6) is 11.5 Å². The van der Waals surface area contributed by atoms with Crippen LogP contribution in [0, 0.1) is 13.8 Å². The van der Waals surface area contributed by atoms with Gasteiger partial charge in [-0.1, -0.05) is 6.07 Å². The van der Waals surface area contributed by atoms with Crippen LogP contribution in [-0.4, -0.2) is 23.6 Å². The normalized spacial score (nSPS) is 14.6. The largest absolute Gasteiger partial charge is 0.454 e. The lowest BCUT2D eigenvalue weighted by Gasteiger charge is -2.18. The molecular weight excluding hydrogens is 254 g/mol. The van der Waals surface area contributed by atoms with Gasteiger partial charge in [0.25, 0.3) is 0 Å². The number of fused-ring (bicyclic) bond motifs is 1. The Balaban J connectivity index is 1.84. The van der Waals surface area contributed by atoms with Crippen LogP contribution in [0.25, 0.3) is 0 Å². The first-order valence-corrected chi connectivity index (χ1v) is 6.75. The van der Waals surface area contributed by atoms with Crippen molar-refractivity contribution in [3.8, 4) is 11.5 Å². The number of aromatic nitrogens is 2. The van der Waals surface area contributed by atoms with E-state index in [1.165, 1.54) is 11.3 Å². The van der Waals surface area contributed by atoms with Gasteiger partial charge < -0.3 is 14.8 Å². The minimum atomic E-state index is 0.183. The number of nitrogens with zero attached hydrogens (tertiary/aromatic N) is 2. The summed E-state index contributed by atoms with van der Waals surface area (Å²) in [5.41, 5.74) is 3.39. The summed E-state index contributed by atoms with van der Waals surface area (Å²) in [5.74, 6) is 1.63. The molecule has 3 rings (SSSR count). The summed E-state index contributed by atoms with van der Waals surface area (Å²) in [6, 6.07) is 8.34. The third-order valence-electron chi connectivity index (χ3n) is 3.61. The second-order valence-electron chi connectivity index (χ2n) is 5.06. The molecule has 0 bridgehead atoms. The topological polar surface area (TPSA) is 48.3 Å². The third kappa shape index (κ3) is 2.36. The van der Waals surface area contributed by atoms with E-state index in [4.69, 9.17) is 9.47 Å². The lowest BCUT2D eigenvalue weighted by molar-refractivity contribution is 0.174. The molecule has 0 saturated carbocycles. The summed E-state index contributed by atoms with van der Waals surface area (Å²) >= 11 is 0. The fourth-order valence-electron chi connectivity index (χ4n) is 2.53. The highest BCUT2D eigenvalue weighted by Gasteiger charge is 2.18. The number of aryl methyl sites for hydroxylation is 2. The molecule has 0 aliphatic carbocycles. The van der Waals surface area contributed by atoms with Crippen LogP contribution in [0.2, 0.25) is 0 Å². The molecule has 1 atom stereocenters. The van der Waals surface area contributed by atoms with Crippen molar-refractivity contribution in [1.29, 1.82) is 0 Å². The first kappa shape index (κ1) is 13.0. The lowest BCUT2D eigenvalue weighted by atomic mass is 10.1. The van der Waals surface area contributed by atoms with Crippen molar-refractivity contribution in [3.05, 3.63) is 41.2 Å². The zero-order valence-corrected chi connectivity index (χ0v) is 12.0. The van der Waals surface area contributed by atoms with Gasteiger partial charge in [-0.15, -0.1) is 0 Å². The zero-order chi connectivity index (χ0) is 14.1. The maximum absolute atomic E-state index is 5.44. The summed E-state index contributed by atoms with van der Waals surface area (Å²) in [7, 11) is 1.96. The molecule has 0 amide bonds. The summed E-state index contributed by atoms with van der Waals surface area (Å²) < 4.78 is 12.8. The van der Waals surface area contributed by atoms with Crippen LogP contribution in [0.1, 0.15) is 23.0 Å². The summed E-state index contributed by atoms with van der Waals surface area (Å²) in [6.07, 6.45) is 0. The molecule has 2 aromatic rings. The fourth-order valence-corrected chi connectivity index (χ4v) is 2.53. The Morgan fingerprint density at radius 3 is 2.75 bits per heavy atom. The molecule has 2 heterocycles. The Labute approximate surface area is 118 Å². The van der Waals surface area contributed by atoms with E-state index < -0.39 is 0 Å². The predicted octanol–water partition coefficient (Wildman–Crippen LogP) is 2.19. The predicted molar refractivity (Wildman–Crippen MR) is 76.1 cm³/mol. The number of nitrogens with one attached hydrogen (secondary N) is 1. The minimum absolute atomic E-state index is 0.183. The molecule has 1 aromatic heterocycles. The highest BCUT2D eigenvalue weighted by atomic mass is 16.7. The maximum Gasteiger partial charge on any atom is 0.231 e. The third-order valence-corrected chi connectivity index (χ3v) is 3.61. The Morgan fingerprint density at radius 2 is 2.05 bits per heavy atom. The van der Waals surface area contributed by atoms with Crippen molar-refractivity contribution in [2.24, 2.45) is 0 Å². The highest BCUT2D eigenvalue weighted by Crippen LogP contribution is 2.34. The summed E-state index contributed by atoms with van der Waals surface area (Å²) in [6.45, 7) is 5.18. The average molecular weight is 273 g/mol. The van der Waals surface area contributed by atoms with Crippen molar-refractivity contribution in [1.82, 2.24) is 15.1 Å². The van der Waals surface area contributed by atoms with Crippen molar-refractivity contribution in [3.63, 3.8) is 0 Å². The molecule has 5 heteroatoms. The van der Waals surface area contributed by atoms with Crippen LogP contribution in [0.15, 0.2) is 24.3 Å². The number of hydrogen-bond donors (Lipinski definition) is 1. The molecule has 106 valence electrons. The Hall–Kier alpha value is -2.01. The molecule has 5 nitrogen and oxygen atoms in total. The van der Waals surface area contributed by atoms with E-state index in [1.807, 2.05) is 30.8 Å². The van der Waals surface area contributed by atoms with Crippen molar-refractivity contribution >= 4 is 0 Å². The Morgan fingerprint density at radius 1 is 1.25 bits per heavy atom. The number of rotatable bonds is 4. The second kappa shape index (κ2) is 5.17. The van der Waals surface area contributed by atoms with Crippen molar-refractivity contribution < 1.29 is 9.47 Å². The molecule has 1 aromatic carbocycles. The van der Waals surface area contributed by atoms with Gasteiger partial charge in [-0.05, 0) is 44.7 Å². The molecule has 1 aliphatic heterocycles. The lowest BCUT2D eigenvalue weighted by Crippen LogP contribution is -2.23. The molecule has 0 saturated heterocycles. The fraction of sp³-hybridized carbons (Fsp3) is 0.400. The molecule has 1 aliphatic rings. The number of ether oxygens (including phenoxy) is 2. The van der Waals surface area contributed by atoms with Gasteiger partial charge in [0, 0.05) is 5.69 Å². The van der Waals surface area contributed by atoms with Crippen molar-refractivity contribution in [2.45, 2.75) is 26.4 Å². The average Bonchev–Trinajstić information content (AvgIpc) is 3.01. The number of benzene rings is 1. The first-order chi connectivity index (χ1) is 9.67. The smallest absolute Gasteiger partial charge is 0.231 e. The SMILES string of the molecule is CNC(Cn1nc(C)cc1C)c1ccc2c(c1)OCO2. The van der Waals surface area contributed by atoms with Crippen LogP contribution >= 0.6 is 0 Å². The molecular formula is C15H19N3O2. The summed E-state index contributed by atoms with van der Waals surface area (Å²) in [5, 5.41) is 7.85. The van der Waals surface area contributed by atoms with Gasteiger partial charge >= 0.3 is 0 Å². The van der Waals surface area contributed by atoms with Crippen molar-refractivity contribution in [2.75, 3.05) is 13.8 Å². The number of hydrogen-bond acceptors (Lipinski definition) is 4. The molecule has 0 radical (unpaired) electrons. The van der Waals surface area contributed by atoms with E-state index in [0.717, 1.165) is 23.7 Å². The molecule has 20 heavy (non-hydrogen) atoms. The molecule has 1 N–H and O–H groups in total. The first-order valence-electron chi connectivity index (χ1n) is 6.75. The standard InChI is InChI=1S/C15H19N3O2/c1-10-6-11(2)18(17-10)8-13(16-3)12-4-5-14-15(7-12)20-9-19-14/h4-7,13,16H,8-9H2,1-3H3. The van der Waals surface area contributed by atoms with Gasteiger partial charge in [0.05, 0.1) is 18.3 Å². The highest BCUT2D eigenvalue weighted by molar-refractivity contribution is 5.45. The van der Waals surface area contributed by atoms with Gasteiger partial charge in [0.1, 0.15) is 0 Å². The van der Waals surface area contributed by atoms with E-state index in [1.54, 1.807) is 0 Å². The quantitative estimate of drug-likeness (QED) is 0.927. The number of likely N-dealkylation sites (N-methyl/N-ethyl adjacent to an activating group) is 1. The van der Waals surface area contributed by atoms with Crippen LogP contribution in [0.4, 0.5) is 0 Å². The van der Waals surface area contributed by atoms with E-state index >= 15 is 0 Å². The summed E-state index contributed by atoms with van der Waals surface area (Å²) in [4.78, 5) is 0. The van der Waals surface area contributed by atoms with Gasteiger partial charge in [-0.2, -0.15) is 5.10 Å². The molecule has 0 spiro atoms. The molecule has 1 unspecified atom stereocenters. The van der Waals surface area contributed by atoms with Crippen LogP contribution < -0.4 is 14.8 Å². The Kier molecular flexibility index (Phi) is 3.36. The van der Waals surface area contributed by atoms with Gasteiger partial charge in [-0.3, -0.25) is 4.68 Å². The minimum Gasteiger partial charge on any atom is -0.454 e. The monoisotopic (exact) mass is 273 g/mol. The van der Waals surface area contributed by atoms with Gasteiger partial charge in [-0.25, -0.2) is 0 Å². The van der Waals surface area contributed by atoms with E-state index in [2.05, 4.69) is 29.5 Å². The second-order valence-corrected chi connectivity index (χ2v) is 5.06. The zero-order valence-electron chi connectivity index (χ0n) is 12.0. The molecule has 0 fully saturated rings. The van der Waals surface area contributed by atoms with Gasteiger partial charge in [0.2, 0.25) is 6.79 Å². The van der Waals surface area contributed by atoms with Gasteiger partial charge in [0.15, 0.2) is 11.5 Å². The van der Waals surface area contributed by atoms with E-state index in [0.29, 0.717) is 6.79 Å². The van der Waals surface area contributed by atoms with E-state index in [-0.39, 0.29) is 6.04 Å². The van der Waals surface area contributed by atoms with E-state index in [9.17, 15) is 0 Å². The maximum atomic E-state index is 5.44. The Bertz CT molecular complexity index is 622. The van der Waals surface area contributed by atoms with Crippen LogP contribution in [0.3, 0.4) is 0 Å². The van der Waals surface area contributed by atoms with Crippen LogP contribution in [-0.2, 0) is 6.54 Å².